The van der Waals surface area contributed by atoms with Crippen LogP contribution in [0.4, 0.5) is 0 Å². The first-order valence-electron chi connectivity index (χ1n) is 6.31. The van der Waals surface area contributed by atoms with Gasteiger partial charge in [0.2, 0.25) is 0 Å². The Hall–Kier alpha value is -0.570. The molecular weight excluding hydrogens is 204 g/mol. The molecule has 3 nitrogen and oxygen atoms in total. The van der Waals surface area contributed by atoms with Crippen LogP contribution in [0.3, 0.4) is 0 Å². The second-order valence-corrected chi connectivity index (χ2v) is 5.55. The lowest BCUT2D eigenvalue weighted by Gasteiger charge is -2.23. The smallest absolute Gasteiger partial charge is 0.335 e. The number of carbonyl (C=O) groups is 1. The molecule has 0 aromatic rings. The quantitative estimate of drug-likeness (QED) is 0.596. The minimum atomic E-state index is -0.922. The van der Waals surface area contributed by atoms with Crippen molar-refractivity contribution in [3.63, 3.8) is 0 Å². The fraction of sp³-hybridized carbons (Fsp3) is 0.923. The van der Waals surface area contributed by atoms with Crippen LogP contribution in [0.5, 0.6) is 0 Å². The predicted octanol–water partition coefficient (Wildman–Crippen LogP) is 2.52. The Balaban J connectivity index is 2.51. The van der Waals surface area contributed by atoms with Crippen LogP contribution in [-0.4, -0.2) is 23.8 Å². The molecule has 0 heterocycles. The first kappa shape index (κ1) is 13.5. The number of ether oxygens (including phenoxy) is 1. The molecule has 0 radical (unpaired) electrons. The standard InChI is InChI=1S/C13H24O3/c1-4-16-12(15)11(14)10-6-5-8-13(2,3)9-7-10/h10-11,14H,4-9H2,1-3H3. The number of hydrogen-bond donors (Lipinski definition) is 1. The molecular formula is C13H24O3. The number of carbonyl (C=O) groups excluding carboxylic acids is 1. The third-order valence-electron chi connectivity index (χ3n) is 3.59. The molecule has 0 amide bonds. The van der Waals surface area contributed by atoms with Crippen molar-refractivity contribution in [1.82, 2.24) is 0 Å². The molecule has 1 rings (SSSR count). The summed E-state index contributed by atoms with van der Waals surface area (Å²) in [6.45, 7) is 6.62. The van der Waals surface area contributed by atoms with Gasteiger partial charge in [0.15, 0.2) is 6.10 Å². The van der Waals surface area contributed by atoms with Gasteiger partial charge in [-0.2, -0.15) is 0 Å². The summed E-state index contributed by atoms with van der Waals surface area (Å²) in [6, 6.07) is 0. The average Bonchev–Trinajstić information content (AvgIpc) is 2.39. The van der Waals surface area contributed by atoms with Gasteiger partial charge in [-0.3, -0.25) is 0 Å². The maximum atomic E-state index is 11.4. The van der Waals surface area contributed by atoms with Gasteiger partial charge in [-0.25, -0.2) is 4.79 Å². The van der Waals surface area contributed by atoms with E-state index >= 15 is 0 Å². The van der Waals surface area contributed by atoms with Gasteiger partial charge in [0, 0.05) is 0 Å². The van der Waals surface area contributed by atoms with Crippen molar-refractivity contribution in [3.05, 3.63) is 0 Å². The summed E-state index contributed by atoms with van der Waals surface area (Å²) in [5, 5.41) is 9.89. The second kappa shape index (κ2) is 5.67. The van der Waals surface area contributed by atoms with E-state index in [9.17, 15) is 9.90 Å². The zero-order valence-electron chi connectivity index (χ0n) is 10.7. The van der Waals surface area contributed by atoms with Crippen molar-refractivity contribution in [2.24, 2.45) is 11.3 Å². The molecule has 1 fully saturated rings. The monoisotopic (exact) mass is 228 g/mol. The Morgan fingerprint density at radius 2 is 2.12 bits per heavy atom. The van der Waals surface area contributed by atoms with Crippen LogP contribution in [0.2, 0.25) is 0 Å². The number of aliphatic hydroxyl groups excluding tert-OH is 1. The van der Waals surface area contributed by atoms with Gasteiger partial charge in [-0.05, 0) is 43.9 Å². The minimum absolute atomic E-state index is 0.0841. The lowest BCUT2D eigenvalue weighted by atomic mass is 9.84. The largest absolute Gasteiger partial charge is 0.464 e. The van der Waals surface area contributed by atoms with Crippen LogP contribution in [0.1, 0.15) is 52.9 Å². The minimum Gasteiger partial charge on any atom is -0.464 e. The van der Waals surface area contributed by atoms with Crippen LogP contribution in [0, 0.1) is 11.3 Å². The van der Waals surface area contributed by atoms with E-state index in [0.29, 0.717) is 12.0 Å². The van der Waals surface area contributed by atoms with Crippen molar-refractivity contribution in [3.8, 4) is 0 Å². The van der Waals surface area contributed by atoms with Gasteiger partial charge in [-0.15, -0.1) is 0 Å². The van der Waals surface area contributed by atoms with E-state index in [4.69, 9.17) is 4.74 Å². The van der Waals surface area contributed by atoms with Crippen LogP contribution in [0.15, 0.2) is 0 Å². The van der Waals surface area contributed by atoms with Crippen molar-refractivity contribution in [1.29, 1.82) is 0 Å². The topological polar surface area (TPSA) is 46.5 Å². The highest BCUT2D eigenvalue weighted by molar-refractivity contribution is 5.74. The SMILES string of the molecule is CCOC(=O)C(O)C1CCCC(C)(C)CC1. The van der Waals surface area contributed by atoms with Crippen LogP contribution in [0.25, 0.3) is 0 Å². The van der Waals surface area contributed by atoms with Crippen molar-refractivity contribution >= 4 is 5.97 Å². The Kier molecular flexibility index (Phi) is 4.78. The third-order valence-corrected chi connectivity index (χ3v) is 3.59. The normalized spacial score (nSPS) is 26.9. The van der Waals surface area contributed by atoms with Gasteiger partial charge in [0.05, 0.1) is 6.61 Å². The lowest BCUT2D eigenvalue weighted by molar-refractivity contribution is -0.156. The van der Waals surface area contributed by atoms with Gasteiger partial charge in [0.25, 0.3) is 0 Å². The fourth-order valence-corrected chi connectivity index (χ4v) is 2.42. The zero-order chi connectivity index (χ0) is 12.2. The van der Waals surface area contributed by atoms with Crippen LogP contribution in [-0.2, 0) is 9.53 Å². The fourth-order valence-electron chi connectivity index (χ4n) is 2.42. The number of aliphatic hydroxyl groups is 1. The Morgan fingerprint density at radius 3 is 2.75 bits per heavy atom. The highest BCUT2D eigenvalue weighted by Crippen LogP contribution is 2.37. The molecule has 0 aromatic carbocycles. The molecule has 0 aromatic heterocycles. The van der Waals surface area contributed by atoms with Crippen LogP contribution >= 0.6 is 0 Å². The summed E-state index contributed by atoms with van der Waals surface area (Å²) in [4.78, 5) is 11.4. The summed E-state index contributed by atoms with van der Waals surface area (Å²) in [5.74, 6) is -0.368. The molecule has 1 aliphatic rings. The van der Waals surface area contributed by atoms with Crippen LogP contribution < -0.4 is 0 Å². The van der Waals surface area contributed by atoms with E-state index < -0.39 is 12.1 Å². The van der Waals surface area contributed by atoms with Gasteiger partial charge in [-0.1, -0.05) is 20.3 Å². The van der Waals surface area contributed by atoms with Gasteiger partial charge in [0.1, 0.15) is 0 Å². The predicted molar refractivity (Wildman–Crippen MR) is 63.0 cm³/mol. The zero-order valence-corrected chi connectivity index (χ0v) is 10.7. The summed E-state index contributed by atoms with van der Waals surface area (Å²) in [5.41, 5.74) is 0.350. The van der Waals surface area contributed by atoms with E-state index in [1.54, 1.807) is 6.92 Å². The van der Waals surface area contributed by atoms with E-state index in [1.807, 2.05) is 0 Å². The molecule has 2 atom stereocenters. The van der Waals surface area contributed by atoms with E-state index in [-0.39, 0.29) is 5.92 Å². The van der Waals surface area contributed by atoms with E-state index in [1.165, 1.54) is 6.42 Å². The average molecular weight is 228 g/mol. The number of hydrogen-bond acceptors (Lipinski definition) is 3. The molecule has 0 saturated heterocycles. The molecule has 0 spiro atoms. The number of esters is 1. The Morgan fingerprint density at radius 1 is 1.44 bits per heavy atom. The first-order valence-corrected chi connectivity index (χ1v) is 6.31. The highest BCUT2D eigenvalue weighted by atomic mass is 16.5. The maximum Gasteiger partial charge on any atom is 0.335 e. The summed E-state index contributed by atoms with van der Waals surface area (Å²) >= 11 is 0. The van der Waals surface area contributed by atoms with E-state index in [0.717, 1.165) is 25.7 Å². The lowest BCUT2D eigenvalue weighted by Crippen LogP contribution is -2.31. The molecule has 1 N–H and O–H groups in total. The highest BCUT2D eigenvalue weighted by Gasteiger charge is 2.31. The molecule has 1 saturated carbocycles. The second-order valence-electron chi connectivity index (χ2n) is 5.55. The van der Waals surface area contributed by atoms with Crippen molar-refractivity contribution in [2.75, 3.05) is 6.61 Å². The molecule has 1 aliphatic carbocycles. The number of rotatable bonds is 3. The Labute approximate surface area is 98.2 Å². The molecule has 3 heteroatoms. The molecule has 16 heavy (non-hydrogen) atoms. The maximum absolute atomic E-state index is 11.4. The summed E-state index contributed by atoms with van der Waals surface area (Å²) in [7, 11) is 0. The van der Waals surface area contributed by atoms with Gasteiger partial charge < -0.3 is 9.84 Å². The first-order chi connectivity index (χ1) is 7.46. The molecule has 2 unspecified atom stereocenters. The van der Waals surface area contributed by atoms with Crippen molar-refractivity contribution < 1.29 is 14.6 Å². The van der Waals surface area contributed by atoms with Crippen molar-refractivity contribution in [2.45, 2.75) is 59.0 Å². The molecule has 0 bridgehead atoms. The van der Waals surface area contributed by atoms with E-state index in [2.05, 4.69) is 13.8 Å². The summed E-state index contributed by atoms with van der Waals surface area (Å²) < 4.78 is 4.86. The third kappa shape index (κ3) is 3.78. The molecule has 94 valence electrons. The summed E-state index contributed by atoms with van der Waals surface area (Å²) in [6.07, 6.45) is 4.28. The Bertz CT molecular complexity index is 235. The molecule has 0 aliphatic heterocycles. The van der Waals surface area contributed by atoms with Gasteiger partial charge >= 0.3 is 5.97 Å².